The highest BCUT2D eigenvalue weighted by atomic mass is 15.2. The SMILES string of the molecule is CCC1CCC(C)N(C(CN)C(CC)CC)C1. The van der Waals surface area contributed by atoms with Crippen molar-refractivity contribution in [2.24, 2.45) is 17.6 Å². The Morgan fingerprint density at radius 2 is 1.82 bits per heavy atom. The van der Waals surface area contributed by atoms with Crippen LogP contribution in [0.5, 0.6) is 0 Å². The van der Waals surface area contributed by atoms with E-state index >= 15 is 0 Å². The van der Waals surface area contributed by atoms with Gasteiger partial charge in [0.1, 0.15) is 0 Å². The predicted octanol–water partition coefficient (Wildman–Crippen LogP) is 3.26. The molecule has 3 unspecified atom stereocenters. The monoisotopic (exact) mass is 240 g/mol. The van der Waals surface area contributed by atoms with Gasteiger partial charge in [0.15, 0.2) is 0 Å². The molecule has 3 atom stereocenters. The van der Waals surface area contributed by atoms with Gasteiger partial charge in [-0.3, -0.25) is 4.90 Å². The minimum atomic E-state index is 0.606. The Labute approximate surface area is 108 Å². The minimum Gasteiger partial charge on any atom is -0.329 e. The summed E-state index contributed by atoms with van der Waals surface area (Å²) in [5.74, 6) is 1.67. The van der Waals surface area contributed by atoms with Crippen LogP contribution in [0, 0.1) is 11.8 Å². The summed E-state index contributed by atoms with van der Waals surface area (Å²) >= 11 is 0. The highest BCUT2D eigenvalue weighted by Crippen LogP contribution is 2.29. The molecule has 2 N–H and O–H groups in total. The van der Waals surface area contributed by atoms with Crippen LogP contribution >= 0.6 is 0 Å². The number of nitrogens with two attached hydrogens (primary N) is 1. The van der Waals surface area contributed by atoms with Crippen LogP contribution in [0.25, 0.3) is 0 Å². The highest BCUT2D eigenvalue weighted by molar-refractivity contribution is 4.87. The molecule has 102 valence electrons. The summed E-state index contributed by atoms with van der Waals surface area (Å²) in [6.07, 6.45) is 6.61. The third-order valence-electron chi connectivity index (χ3n) is 4.87. The Morgan fingerprint density at radius 1 is 1.18 bits per heavy atom. The van der Waals surface area contributed by atoms with Crippen molar-refractivity contribution in [1.82, 2.24) is 4.90 Å². The van der Waals surface area contributed by atoms with Gasteiger partial charge >= 0.3 is 0 Å². The van der Waals surface area contributed by atoms with Crippen LogP contribution in [0.2, 0.25) is 0 Å². The molecule has 1 fully saturated rings. The fraction of sp³-hybridized carbons (Fsp3) is 1.00. The summed E-state index contributed by atoms with van der Waals surface area (Å²) in [6.45, 7) is 11.4. The van der Waals surface area contributed by atoms with E-state index < -0.39 is 0 Å². The molecule has 0 saturated carbocycles. The molecule has 1 heterocycles. The molecule has 0 radical (unpaired) electrons. The summed E-state index contributed by atoms with van der Waals surface area (Å²) < 4.78 is 0. The second-order valence-electron chi connectivity index (χ2n) is 5.78. The topological polar surface area (TPSA) is 29.3 Å². The van der Waals surface area contributed by atoms with Crippen LogP contribution in [-0.4, -0.2) is 30.1 Å². The van der Waals surface area contributed by atoms with Gasteiger partial charge in [0.25, 0.3) is 0 Å². The molecular weight excluding hydrogens is 208 g/mol. The van der Waals surface area contributed by atoms with Crippen molar-refractivity contribution < 1.29 is 0 Å². The molecule has 1 aliphatic heterocycles. The molecular formula is C15H32N2. The Morgan fingerprint density at radius 3 is 2.29 bits per heavy atom. The second kappa shape index (κ2) is 7.38. The normalized spacial score (nSPS) is 28.6. The second-order valence-corrected chi connectivity index (χ2v) is 5.78. The van der Waals surface area contributed by atoms with Gasteiger partial charge in [-0.25, -0.2) is 0 Å². The average molecular weight is 240 g/mol. The Kier molecular flexibility index (Phi) is 6.50. The lowest BCUT2D eigenvalue weighted by molar-refractivity contribution is 0.0430. The Bertz CT molecular complexity index is 201. The van der Waals surface area contributed by atoms with E-state index in [9.17, 15) is 0 Å². The van der Waals surface area contributed by atoms with Crippen molar-refractivity contribution in [2.75, 3.05) is 13.1 Å². The quantitative estimate of drug-likeness (QED) is 0.772. The van der Waals surface area contributed by atoms with E-state index in [0.29, 0.717) is 6.04 Å². The van der Waals surface area contributed by atoms with Gasteiger partial charge in [-0.05, 0) is 31.6 Å². The number of likely N-dealkylation sites (tertiary alicyclic amines) is 1. The lowest BCUT2D eigenvalue weighted by atomic mass is 9.86. The molecule has 2 heteroatoms. The average Bonchev–Trinajstić information content (AvgIpc) is 2.37. The molecule has 0 aromatic carbocycles. The van der Waals surface area contributed by atoms with E-state index in [1.165, 1.54) is 38.6 Å². The van der Waals surface area contributed by atoms with Crippen molar-refractivity contribution in [3.05, 3.63) is 0 Å². The Hall–Kier alpha value is -0.0800. The fourth-order valence-electron chi connectivity index (χ4n) is 3.44. The molecule has 2 nitrogen and oxygen atoms in total. The zero-order valence-corrected chi connectivity index (χ0v) is 12.3. The standard InChI is InChI=1S/C15H32N2/c1-5-13-9-8-12(4)17(11-13)15(10-16)14(6-2)7-3/h12-15H,5-11,16H2,1-4H3. The Balaban J connectivity index is 2.70. The first-order chi connectivity index (χ1) is 8.17. The zero-order valence-electron chi connectivity index (χ0n) is 12.3. The number of hydrogen-bond acceptors (Lipinski definition) is 2. The summed E-state index contributed by atoms with van der Waals surface area (Å²) in [6, 6.07) is 1.33. The molecule has 0 aromatic rings. The first kappa shape index (κ1) is 15.0. The van der Waals surface area contributed by atoms with Gasteiger partial charge in [-0.1, -0.05) is 40.0 Å². The largest absolute Gasteiger partial charge is 0.329 e. The molecule has 1 saturated heterocycles. The maximum Gasteiger partial charge on any atom is 0.0249 e. The van der Waals surface area contributed by atoms with E-state index in [0.717, 1.165) is 24.4 Å². The summed E-state index contributed by atoms with van der Waals surface area (Å²) in [4.78, 5) is 2.72. The molecule has 17 heavy (non-hydrogen) atoms. The first-order valence-electron chi connectivity index (χ1n) is 7.63. The minimum absolute atomic E-state index is 0.606. The van der Waals surface area contributed by atoms with E-state index in [-0.39, 0.29) is 0 Å². The lowest BCUT2D eigenvalue weighted by Gasteiger charge is -2.45. The number of rotatable bonds is 6. The smallest absolute Gasteiger partial charge is 0.0249 e. The molecule has 0 aromatic heterocycles. The number of hydrogen-bond donors (Lipinski definition) is 1. The van der Waals surface area contributed by atoms with Crippen molar-refractivity contribution >= 4 is 0 Å². The molecule has 1 aliphatic rings. The van der Waals surface area contributed by atoms with Crippen molar-refractivity contribution in [1.29, 1.82) is 0 Å². The summed E-state index contributed by atoms with van der Waals surface area (Å²) in [5, 5.41) is 0. The molecule has 0 bridgehead atoms. The first-order valence-corrected chi connectivity index (χ1v) is 7.63. The molecule has 1 rings (SSSR count). The summed E-state index contributed by atoms with van der Waals surface area (Å²) in [7, 11) is 0. The third-order valence-corrected chi connectivity index (χ3v) is 4.87. The van der Waals surface area contributed by atoms with Gasteiger partial charge in [-0.2, -0.15) is 0 Å². The highest BCUT2D eigenvalue weighted by Gasteiger charge is 2.32. The summed E-state index contributed by atoms with van der Waals surface area (Å²) in [5.41, 5.74) is 6.06. The van der Waals surface area contributed by atoms with E-state index in [1.807, 2.05) is 0 Å². The molecule has 0 amide bonds. The van der Waals surface area contributed by atoms with Gasteiger partial charge in [0, 0.05) is 25.2 Å². The third kappa shape index (κ3) is 3.69. The fourth-order valence-corrected chi connectivity index (χ4v) is 3.44. The van der Waals surface area contributed by atoms with Crippen LogP contribution in [0.3, 0.4) is 0 Å². The van der Waals surface area contributed by atoms with Crippen molar-refractivity contribution in [2.45, 2.75) is 71.9 Å². The van der Waals surface area contributed by atoms with Crippen LogP contribution in [0.1, 0.15) is 59.8 Å². The van der Waals surface area contributed by atoms with Gasteiger partial charge in [0.2, 0.25) is 0 Å². The lowest BCUT2D eigenvalue weighted by Crippen LogP contribution is -2.53. The molecule has 0 spiro atoms. The van der Waals surface area contributed by atoms with Gasteiger partial charge in [-0.15, -0.1) is 0 Å². The van der Waals surface area contributed by atoms with Crippen molar-refractivity contribution in [3.8, 4) is 0 Å². The number of nitrogens with zero attached hydrogens (tertiary/aromatic N) is 1. The van der Waals surface area contributed by atoms with Crippen LogP contribution in [-0.2, 0) is 0 Å². The maximum atomic E-state index is 6.06. The van der Waals surface area contributed by atoms with Gasteiger partial charge in [0.05, 0.1) is 0 Å². The van der Waals surface area contributed by atoms with Crippen LogP contribution in [0.4, 0.5) is 0 Å². The predicted molar refractivity (Wildman–Crippen MR) is 76.1 cm³/mol. The maximum absolute atomic E-state index is 6.06. The van der Waals surface area contributed by atoms with E-state index in [4.69, 9.17) is 5.73 Å². The zero-order chi connectivity index (χ0) is 12.8. The van der Waals surface area contributed by atoms with Gasteiger partial charge < -0.3 is 5.73 Å². The number of piperidine rings is 1. The van der Waals surface area contributed by atoms with Crippen LogP contribution < -0.4 is 5.73 Å². The van der Waals surface area contributed by atoms with E-state index in [1.54, 1.807) is 0 Å². The van der Waals surface area contributed by atoms with E-state index in [2.05, 4.69) is 32.6 Å². The van der Waals surface area contributed by atoms with Crippen molar-refractivity contribution in [3.63, 3.8) is 0 Å². The molecule has 0 aliphatic carbocycles. The van der Waals surface area contributed by atoms with Crippen LogP contribution in [0.15, 0.2) is 0 Å².